The number of furan rings is 1. The van der Waals surface area contributed by atoms with Gasteiger partial charge in [-0.25, -0.2) is 5.10 Å². The van der Waals surface area contributed by atoms with Gasteiger partial charge in [0.1, 0.15) is 22.2 Å². The summed E-state index contributed by atoms with van der Waals surface area (Å²) < 4.78 is 5.65. The van der Waals surface area contributed by atoms with E-state index in [1.807, 2.05) is 0 Å². The van der Waals surface area contributed by atoms with Gasteiger partial charge in [0.2, 0.25) is 0 Å². The Labute approximate surface area is 151 Å². The topological polar surface area (TPSA) is 83.3 Å². The van der Waals surface area contributed by atoms with E-state index < -0.39 is 5.56 Å². The van der Waals surface area contributed by atoms with Gasteiger partial charge in [0.05, 0.1) is 22.5 Å². The number of benzene rings is 1. The Hall–Kier alpha value is -2.28. The molecule has 122 valence electrons. The zero-order valence-electron chi connectivity index (χ0n) is 11.9. The molecule has 1 aromatic carbocycles. The first-order valence-corrected chi connectivity index (χ1v) is 7.75. The standard InChI is InChI=1S/C15H9Cl3N4O2/c16-10-3-1-8(5-11(10)17)13-4-2-9(24-13)6-19-21-12-7-20-22-15(23)14(12)18/h1-7H,(H2,21,22,23)/b19-6-. The highest BCUT2D eigenvalue weighted by atomic mass is 35.5. The molecule has 0 aliphatic heterocycles. The first kappa shape index (κ1) is 16.6. The highest BCUT2D eigenvalue weighted by Crippen LogP contribution is 2.29. The van der Waals surface area contributed by atoms with E-state index in [0.717, 1.165) is 5.56 Å². The largest absolute Gasteiger partial charge is 0.455 e. The van der Waals surface area contributed by atoms with Crippen molar-refractivity contribution in [3.8, 4) is 11.3 Å². The fourth-order valence-corrected chi connectivity index (χ4v) is 2.29. The minimum atomic E-state index is -0.503. The van der Waals surface area contributed by atoms with E-state index in [1.54, 1.807) is 30.3 Å². The Kier molecular flexibility index (Phi) is 4.89. The van der Waals surface area contributed by atoms with Gasteiger partial charge >= 0.3 is 0 Å². The van der Waals surface area contributed by atoms with Crippen LogP contribution in [0.2, 0.25) is 15.1 Å². The van der Waals surface area contributed by atoms with Crippen molar-refractivity contribution in [3.05, 3.63) is 67.7 Å². The van der Waals surface area contributed by atoms with Gasteiger partial charge in [-0.3, -0.25) is 10.2 Å². The number of rotatable bonds is 4. The van der Waals surface area contributed by atoms with Crippen LogP contribution in [0.1, 0.15) is 5.76 Å². The molecule has 3 rings (SSSR count). The monoisotopic (exact) mass is 382 g/mol. The van der Waals surface area contributed by atoms with Crippen LogP contribution in [0.15, 0.2) is 50.8 Å². The first-order valence-electron chi connectivity index (χ1n) is 6.62. The van der Waals surface area contributed by atoms with Gasteiger partial charge in [-0.1, -0.05) is 34.8 Å². The molecule has 2 N–H and O–H groups in total. The number of nitrogens with one attached hydrogen (secondary N) is 2. The number of aromatic amines is 1. The van der Waals surface area contributed by atoms with Crippen LogP contribution in [0, 0.1) is 0 Å². The summed E-state index contributed by atoms with van der Waals surface area (Å²) in [5, 5.41) is 10.7. The zero-order valence-corrected chi connectivity index (χ0v) is 14.2. The lowest BCUT2D eigenvalue weighted by atomic mass is 10.2. The van der Waals surface area contributed by atoms with Gasteiger partial charge in [-0.15, -0.1) is 0 Å². The second-order valence-electron chi connectivity index (χ2n) is 4.63. The lowest BCUT2D eigenvalue weighted by molar-refractivity contribution is 0.575. The van der Waals surface area contributed by atoms with E-state index in [1.165, 1.54) is 12.4 Å². The molecule has 0 saturated carbocycles. The van der Waals surface area contributed by atoms with Crippen LogP contribution in [0.4, 0.5) is 5.69 Å². The fraction of sp³-hybridized carbons (Fsp3) is 0. The molecule has 0 amide bonds. The molecule has 6 nitrogen and oxygen atoms in total. The smallest absolute Gasteiger partial charge is 0.285 e. The Balaban J connectivity index is 1.75. The molecule has 0 bridgehead atoms. The minimum absolute atomic E-state index is 0.0295. The van der Waals surface area contributed by atoms with Crippen LogP contribution in [-0.4, -0.2) is 16.4 Å². The van der Waals surface area contributed by atoms with Crippen LogP contribution < -0.4 is 11.0 Å². The van der Waals surface area contributed by atoms with Gasteiger partial charge in [0.25, 0.3) is 5.56 Å². The molecule has 0 radical (unpaired) electrons. The van der Waals surface area contributed by atoms with Crippen molar-refractivity contribution in [2.45, 2.75) is 0 Å². The number of hydrogen-bond acceptors (Lipinski definition) is 5. The van der Waals surface area contributed by atoms with Gasteiger partial charge in [0.15, 0.2) is 0 Å². The average Bonchev–Trinajstić information content (AvgIpc) is 3.03. The highest BCUT2D eigenvalue weighted by Gasteiger charge is 2.07. The van der Waals surface area contributed by atoms with Crippen molar-refractivity contribution in [2.24, 2.45) is 5.10 Å². The third-order valence-electron chi connectivity index (χ3n) is 3.00. The zero-order chi connectivity index (χ0) is 17.1. The number of hydrazone groups is 1. The van der Waals surface area contributed by atoms with E-state index in [2.05, 4.69) is 20.7 Å². The number of aromatic nitrogens is 2. The molecule has 2 heterocycles. The van der Waals surface area contributed by atoms with E-state index in [4.69, 9.17) is 39.2 Å². The van der Waals surface area contributed by atoms with E-state index in [-0.39, 0.29) is 10.7 Å². The summed E-state index contributed by atoms with van der Waals surface area (Å²) in [5.74, 6) is 1.11. The third-order valence-corrected chi connectivity index (χ3v) is 4.12. The molecular formula is C15H9Cl3N4O2. The van der Waals surface area contributed by atoms with Crippen LogP contribution >= 0.6 is 34.8 Å². The molecule has 3 aromatic rings. The molecule has 0 atom stereocenters. The molecule has 0 aliphatic rings. The predicted octanol–water partition coefficient (Wildman–Crippen LogP) is 4.44. The summed E-state index contributed by atoms with van der Waals surface area (Å²) in [4.78, 5) is 11.3. The maximum atomic E-state index is 11.3. The summed E-state index contributed by atoms with van der Waals surface area (Å²) in [6, 6.07) is 8.72. The molecule has 2 aromatic heterocycles. The highest BCUT2D eigenvalue weighted by molar-refractivity contribution is 6.42. The summed E-state index contributed by atoms with van der Waals surface area (Å²) in [6.07, 6.45) is 2.79. The Morgan fingerprint density at radius 1 is 1.17 bits per heavy atom. The molecule has 24 heavy (non-hydrogen) atoms. The van der Waals surface area contributed by atoms with Gasteiger partial charge in [0, 0.05) is 5.56 Å². The Morgan fingerprint density at radius 3 is 2.79 bits per heavy atom. The Morgan fingerprint density at radius 2 is 2.00 bits per heavy atom. The molecule has 0 unspecified atom stereocenters. The molecule has 0 fully saturated rings. The molecular weight excluding hydrogens is 375 g/mol. The number of H-pyrrole nitrogens is 1. The second kappa shape index (κ2) is 7.09. The fourth-order valence-electron chi connectivity index (χ4n) is 1.85. The minimum Gasteiger partial charge on any atom is -0.455 e. The van der Waals surface area contributed by atoms with Crippen molar-refractivity contribution in [2.75, 3.05) is 5.43 Å². The number of hydrogen-bond donors (Lipinski definition) is 2. The van der Waals surface area contributed by atoms with E-state index in [9.17, 15) is 4.79 Å². The molecule has 9 heteroatoms. The van der Waals surface area contributed by atoms with Crippen molar-refractivity contribution >= 4 is 46.7 Å². The number of anilines is 1. The molecule has 0 spiro atoms. The summed E-state index contributed by atoms with van der Waals surface area (Å²) >= 11 is 17.7. The van der Waals surface area contributed by atoms with Gasteiger partial charge < -0.3 is 4.42 Å². The van der Waals surface area contributed by atoms with Crippen molar-refractivity contribution in [3.63, 3.8) is 0 Å². The third kappa shape index (κ3) is 3.62. The first-order chi connectivity index (χ1) is 11.5. The van der Waals surface area contributed by atoms with E-state index in [0.29, 0.717) is 21.6 Å². The van der Waals surface area contributed by atoms with Crippen LogP contribution in [0.3, 0.4) is 0 Å². The summed E-state index contributed by atoms with van der Waals surface area (Å²) in [7, 11) is 0. The lowest BCUT2D eigenvalue weighted by Gasteiger charge is -2.00. The predicted molar refractivity (Wildman–Crippen MR) is 95.2 cm³/mol. The quantitative estimate of drug-likeness (QED) is 0.515. The normalized spacial score (nSPS) is 11.1. The second-order valence-corrected chi connectivity index (χ2v) is 5.82. The van der Waals surface area contributed by atoms with Crippen molar-refractivity contribution in [1.29, 1.82) is 0 Å². The summed E-state index contributed by atoms with van der Waals surface area (Å²) in [5.41, 5.74) is 3.20. The van der Waals surface area contributed by atoms with Crippen molar-refractivity contribution < 1.29 is 4.42 Å². The Bertz CT molecular complexity index is 965. The summed E-state index contributed by atoms with van der Waals surface area (Å²) in [6.45, 7) is 0. The maximum absolute atomic E-state index is 11.3. The van der Waals surface area contributed by atoms with Gasteiger partial charge in [-0.05, 0) is 30.3 Å². The number of halogens is 3. The van der Waals surface area contributed by atoms with Gasteiger partial charge in [-0.2, -0.15) is 10.2 Å². The lowest BCUT2D eigenvalue weighted by Crippen LogP contribution is -2.09. The maximum Gasteiger partial charge on any atom is 0.285 e. The SMILES string of the molecule is O=c1[nH]ncc(N/N=C\c2ccc(-c3ccc(Cl)c(Cl)c3)o2)c1Cl. The molecule has 0 aliphatic carbocycles. The van der Waals surface area contributed by atoms with Crippen LogP contribution in [0.25, 0.3) is 11.3 Å². The molecule has 0 saturated heterocycles. The van der Waals surface area contributed by atoms with Crippen molar-refractivity contribution in [1.82, 2.24) is 10.2 Å². The van der Waals surface area contributed by atoms with Crippen LogP contribution in [-0.2, 0) is 0 Å². The number of nitrogens with zero attached hydrogens (tertiary/aromatic N) is 2. The average molecular weight is 384 g/mol. The van der Waals surface area contributed by atoms with Crippen LogP contribution in [0.5, 0.6) is 0 Å². The van der Waals surface area contributed by atoms with E-state index >= 15 is 0 Å².